The van der Waals surface area contributed by atoms with Gasteiger partial charge in [0.2, 0.25) is 10.0 Å². The minimum atomic E-state index is -3.39. The summed E-state index contributed by atoms with van der Waals surface area (Å²) in [6.45, 7) is 3.94. The zero-order valence-electron chi connectivity index (χ0n) is 11.8. The Hall–Kier alpha value is -0.590. The summed E-state index contributed by atoms with van der Waals surface area (Å²) in [5.74, 6) is 1.09. The molecule has 0 N–H and O–H groups in total. The number of piperidine rings is 1. The number of halogens is 1. The third kappa shape index (κ3) is 3.54. The average molecular weight is 320 g/mol. The van der Waals surface area contributed by atoms with E-state index in [1.807, 2.05) is 0 Å². The van der Waals surface area contributed by atoms with Crippen molar-refractivity contribution >= 4 is 21.6 Å². The standard InChI is InChI=1S/C13H22ClN3O2S/c1-2-3-12-4-7-17(8-5-12)20(18,19)13-10-15-16(11-13)9-6-14/h10-12H,2-9H2,1H3. The normalized spacial score (nSPS) is 18.5. The zero-order chi connectivity index (χ0) is 14.6. The minimum absolute atomic E-state index is 0.275. The summed E-state index contributed by atoms with van der Waals surface area (Å²) >= 11 is 5.63. The third-order valence-corrected chi connectivity index (χ3v) is 5.85. The Morgan fingerprint density at radius 1 is 1.40 bits per heavy atom. The zero-order valence-corrected chi connectivity index (χ0v) is 13.4. The van der Waals surface area contributed by atoms with Gasteiger partial charge in [-0.25, -0.2) is 8.42 Å². The summed E-state index contributed by atoms with van der Waals surface area (Å²) in [5, 5.41) is 4.04. The second kappa shape index (κ2) is 6.91. The lowest BCUT2D eigenvalue weighted by Gasteiger charge is -2.30. The van der Waals surface area contributed by atoms with E-state index in [4.69, 9.17) is 11.6 Å². The highest BCUT2D eigenvalue weighted by Crippen LogP contribution is 2.26. The molecule has 114 valence electrons. The van der Waals surface area contributed by atoms with Crippen LogP contribution in [0.3, 0.4) is 0 Å². The van der Waals surface area contributed by atoms with Gasteiger partial charge < -0.3 is 0 Å². The molecular weight excluding hydrogens is 298 g/mol. The molecular formula is C13H22ClN3O2S. The van der Waals surface area contributed by atoms with Crippen molar-refractivity contribution in [2.45, 2.75) is 44.0 Å². The first kappa shape index (κ1) is 15.8. The highest BCUT2D eigenvalue weighted by molar-refractivity contribution is 7.89. The van der Waals surface area contributed by atoms with E-state index in [0.29, 0.717) is 31.4 Å². The van der Waals surface area contributed by atoms with Crippen LogP contribution in [0.4, 0.5) is 0 Å². The van der Waals surface area contributed by atoms with Gasteiger partial charge in [0.1, 0.15) is 4.90 Å². The molecule has 0 spiro atoms. The maximum atomic E-state index is 12.5. The molecule has 1 aromatic rings. The van der Waals surface area contributed by atoms with Crippen LogP contribution in [0.2, 0.25) is 0 Å². The molecule has 2 heterocycles. The predicted octanol–water partition coefficient (Wildman–Crippen LogP) is 2.32. The van der Waals surface area contributed by atoms with Gasteiger partial charge >= 0.3 is 0 Å². The molecule has 1 aromatic heterocycles. The predicted molar refractivity (Wildman–Crippen MR) is 79.3 cm³/mol. The van der Waals surface area contributed by atoms with Crippen molar-refractivity contribution in [2.24, 2.45) is 5.92 Å². The van der Waals surface area contributed by atoms with Crippen LogP contribution in [0, 0.1) is 5.92 Å². The second-order valence-electron chi connectivity index (χ2n) is 5.26. The van der Waals surface area contributed by atoms with Gasteiger partial charge in [-0.1, -0.05) is 19.8 Å². The van der Waals surface area contributed by atoms with Crippen molar-refractivity contribution in [1.29, 1.82) is 0 Å². The van der Waals surface area contributed by atoms with Crippen molar-refractivity contribution in [3.05, 3.63) is 12.4 Å². The number of aryl methyl sites for hydroxylation is 1. The van der Waals surface area contributed by atoms with Gasteiger partial charge in [0.25, 0.3) is 0 Å². The van der Waals surface area contributed by atoms with E-state index in [1.165, 1.54) is 19.0 Å². The number of alkyl halides is 1. The van der Waals surface area contributed by atoms with Crippen molar-refractivity contribution in [1.82, 2.24) is 14.1 Å². The molecule has 0 aliphatic carbocycles. The van der Waals surface area contributed by atoms with Crippen LogP contribution < -0.4 is 0 Å². The van der Waals surface area contributed by atoms with Gasteiger partial charge in [-0.15, -0.1) is 11.6 Å². The lowest BCUT2D eigenvalue weighted by atomic mass is 9.94. The molecule has 0 atom stereocenters. The smallest absolute Gasteiger partial charge is 0.246 e. The summed E-state index contributed by atoms with van der Waals surface area (Å²) in [6.07, 6.45) is 7.27. The summed E-state index contributed by atoms with van der Waals surface area (Å²) in [6, 6.07) is 0. The number of aromatic nitrogens is 2. The van der Waals surface area contributed by atoms with Gasteiger partial charge in [0, 0.05) is 25.2 Å². The Morgan fingerprint density at radius 2 is 2.10 bits per heavy atom. The number of sulfonamides is 1. The van der Waals surface area contributed by atoms with Crippen LogP contribution in [-0.2, 0) is 16.6 Å². The number of rotatable bonds is 6. The summed E-state index contributed by atoms with van der Waals surface area (Å²) < 4.78 is 28.2. The van der Waals surface area contributed by atoms with Crippen LogP contribution in [0.1, 0.15) is 32.6 Å². The molecule has 2 rings (SSSR count). The Labute approximate surface area is 126 Å². The minimum Gasteiger partial charge on any atom is -0.270 e. The molecule has 0 saturated carbocycles. The molecule has 20 heavy (non-hydrogen) atoms. The molecule has 1 fully saturated rings. The van der Waals surface area contributed by atoms with E-state index in [1.54, 1.807) is 15.2 Å². The number of hydrogen-bond acceptors (Lipinski definition) is 3. The van der Waals surface area contributed by atoms with E-state index in [-0.39, 0.29) is 4.90 Å². The Kier molecular flexibility index (Phi) is 5.46. The number of hydrogen-bond donors (Lipinski definition) is 0. The van der Waals surface area contributed by atoms with Gasteiger partial charge in [0.05, 0.1) is 12.7 Å². The average Bonchev–Trinajstić information content (AvgIpc) is 2.90. The van der Waals surface area contributed by atoms with Gasteiger partial charge in [0.15, 0.2) is 0 Å². The van der Waals surface area contributed by atoms with Gasteiger partial charge in [-0.05, 0) is 18.8 Å². The Bertz CT molecular complexity index is 521. The monoisotopic (exact) mass is 319 g/mol. The fourth-order valence-corrected chi connectivity index (χ4v) is 4.28. The SMILES string of the molecule is CCCC1CCN(S(=O)(=O)c2cnn(CCCl)c2)CC1. The first-order valence-corrected chi connectivity index (χ1v) is 9.14. The molecule has 0 unspecified atom stereocenters. The molecule has 1 aliphatic rings. The highest BCUT2D eigenvalue weighted by atomic mass is 35.5. The van der Waals surface area contributed by atoms with Gasteiger partial charge in [-0.2, -0.15) is 9.40 Å². The quantitative estimate of drug-likeness (QED) is 0.756. The molecule has 7 heteroatoms. The van der Waals surface area contributed by atoms with Crippen LogP contribution in [0.5, 0.6) is 0 Å². The van der Waals surface area contributed by atoms with E-state index >= 15 is 0 Å². The van der Waals surface area contributed by atoms with Crippen LogP contribution in [0.15, 0.2) is 17.3 Å². The van der Waals surface area contributed by atoms with Crippen molar-refractivity contribution < 1.29 is 8.42 Å². The fraction of sp³-hybridized carbons (Fsp3) is 0.769. The van der Waals surface area contributed by atoms with Crippen LogP contribution >= 0.6 is 11.6 Å². The summed E-state index contributed by atoms with van der Waals surface area (Å²) in [5.41, 5.74) is 0. The van der Waals surface area contributed by atoms with E-state index in [2.05, 4.69) is 12.0 Å². The highest BCUT2D eigenvalue weighted by Gasteiger charge is 2.29. The van der Waals surface area contributed by atoms with E-state index in [0.717, 1.165) is 12.8 Å². The summed E-state index contributed by atoms with van der Waals surface area (Å²) in [7, 11) is -3.39. The molecule has 1 aliphatic heterocycles. The topological polar surface area (TPSA) is 55.2 Å². The largest absolute Gasteiger partial charge is 0.270 e. The number of nitrogens with zero attached hydrogens (tertiary/aromatic N) is 3. The van der Waals surface area contributed by atoms with Crippen LogP contribution in [0.25, 0.3) is 0 Å². The molecule has 0 bridgehead atoms. The van der Waals surface area contributed by atoms with Crippen molar-refractivity contribution in [3.8, 4) is 0 Å². The molecule has 0 amide bonds. The maximum absolute atomic E-state index is 12.5. The van der Waals surface area contributed by atoms with Gasteiger partial charge in [-0.3, -0.25) is 4.68 Å². The first-order chi connectivity index (χ1) is 9.57. The molecule has 0 radical (unpaired) electrons. The summed E-state index contributed by atoms with van der Waals surface area (Å²) in [4.78, 5) is 0.275. The van der Waals surface area contributed by atoms with Crippen molar-refractivity contribution in [3.63, 3.8) is 0 Å². The van der Waals surface area contributed by atoms with E-state index < -0.39 is 10.0 Å². The molecule has 5 nitrogen and oxygen atoms in total. The van der Waals surface area contributed by atoms with E-state index in [9.17, 15) is 8.42 Å². The maximum Gasteiger partial charge on any atom is 0.246 e. The lowest BCUT2D eigenvalue weighted by Crippen LogP contribution is -2.38. The van der Waals surface area contributed by atoms with Crippen LogP contribution in [-0.4, -0.2) is 41.5 Å². The third-order valence-electron chi connectivity index (χ3n) is 3.83. The Morgan fingerprint density at radius 3 is 2.70 bits per heavy atom. The van der Waals surface area contributed by atoms with Crippen molar-refractivity contribution in [2.75, 3.05) is 19.0 Å². The first-order valence-electron chi connectivity index (χ1n) is 7.16. The fourth-order valence-electron chi connectivity index (χ4n) is 2.68. The molecule has 1 saturated heterocycles. The second-order valence-corrected chi connectivity index (χ2v) is 7.58. The molecule has 0 aromatic carbocycles. The Balaban J connectivity index is 2.03. The lowest BCUT2D eigenvalue weighted by molar-refractivity contribution is 0.262.